The monoisotopic (exact) mass is 553 g/mol. The van der Waals surface area contributed by atoms with Gasteiger partial charge in [0.15, 0.2) is 11.6 Å². The Hall–Kier alpha value is -2.22. The molecule has 1 aliphatic carbocycles. The lowest BCUT2D eigenvalue weighted by molar-refractivity contribution is -0.0486. The fourth-order valence-corrected chi connectivity index (χ4v) is 5.74. The number of aromatic nitrogens is 1. The predicted octanol–water partition coefficient (Wildman–Crippen LogP) is 8.81. The van der Waals surface area contributed by atoms with Gasteiger partial charge in [-0.2, -0.15) is 8.78 Å². The molecule has 4 unspecified atom stereocenters. The zero-order chi connectivity index (χ0) is 28.2. The molecule has 1 aromatic heterocycles. The van der Waals surface area contributed by atoms with Gasteiger partial charge in [0.1, 0.15) is 12.7 Å². The summed E-state index contributed by atoms with van der Waals surface area (Å²) in [7, 11) is 0. The van der Waals surface area contributed by atoms with E-state index in [-0.39, 0.29) is 48.9 Å². The molecule has 8 heteroatoms. The van der Waals surface area contributed by atoms with E-state index < -0.39 is 40.5 Å². The van der Waals surface area contributed by atoms with Crippen molar-refractivity contribution in [3.63, 3.8) is 0 Å². The maximum absolute atomic E-state index is 15.6. The van der Waals surface area contributed by atoms with E-state index in [1.54, 1.807) is 6.07 Å². The Bertz CT molecular complexity index is 1120. The van der Waals surface area contributed by atoms with Crippen molar-refractivity contribution in [1.29, 1.82) is 0 Å². The molecule has 4 atom stereocenters. The highest BCUT2D eigenvalue weighted by Gasteiger charge is 2.50. The molecule has 0 amide bonds. The largest absolute Gasteiger partial charge is 0.488 e. The van der Waals surface area contributed by atoms with Crippen LogP contribution in [0.4, 0.5) is 22.0 Å². The highest BCUT2D eigenvalue weighted by Crippen LogP contribution is 2.51. The molecule has 2 heterocycles. The van der Waals surface area contributed by atoms with Gasteiger partial charge >= 0.3 is 0 Å². The number of hydrogen-bond acceptors (Lipinski definition) is 3. The first-order valence-corrected chi connectivity index (χ1v) is 14.5. The predicted molar refractivity (Wildman–Crippen MR) is 141 cm³/mol. The second-order valence-electron chi connectivity index (χ2n) is 11.3. The number of halogens is 5. The Kier molecular flexibility index (Phi) is 9.89. The van der Waals surface area contributed by atoms with Crippen LogP contribution in [0.2, 0.25) is 0 Å². The summed E-state index contributed by atoms with van der Waals surface area (Å²) in [6.07, 6.45) is 8.78. The van der Waals surface area contributed by atoms with E-state index in [9.17, 15) is 4.39 Å². The summed E-state index contributed by atoms with van der Waals surface area (Å²) in [6, 6.07) is 3.85. The van der Waals surface area contributed by atoms with Crippen LogP contribution < -0.4 is 4.74 Å². The first-order valence-electron chi connectivity index (χ1n) is 14.5. The molecule has 0 spiro atoms. The Morgan fingerprint density at radius 2 is 1.79 bits per heavy atom. The third-order valence-corrected chi connectivity index (χ3v) is 8.08. The second kappa shape index (κ2) is 13.0. The summed E-state index contributed by atoms with van der Waals surface area (Å²) < 4.78 is 87.2. The van der Waals surface area contributed by atoms with Crippen LogP contribution in [0.15, 0.2) is 18.2 Å². The molecule has 2 aromatic rings. The summed E-state index contributed by atoms with van der Waals surface area (Å²) in [5.74, 6) is -9.46. The van der Waals surface area contributed by atoms with Crippen LogP contribution in [-0.4, -0.2) is 23.8 Å². The molecule has 1 saturated heterocycles. The van der Waals surface area contributed by atoms with Gasteiger partial charge in [0.2, 0.25) is 11.8 Å². The smallest absolute Gasteiger partial charge is 0.284 e. The quantitative estimate of drug-likeness (QED) is 0.101. The summed E-state index contributed by atoms with van der Waals surface area (Å²) in [5, 5.41) is 0. The molecular formula is C31H40F5NO2. The normalized spacial score (nSPS) is 22.4. The van der Waals surface area contributed by atoms with Gasteiger partial charge in [-0.1, -0.05) is 71.8 Å². The first kappa shape index (κ1) is 29.8. The van der Waals surface area contributed by atoms with E-state index in [0.717, 1.165) is 51.0 Å². The number of nitrogens with zero attached hydrogens (tertiary/aromatic N) is 1. The molecule has 1 fully saturated rings. The molecule has 1 aromatic carbocycles. The minimum absolute atomic E-state index is 0.0543. The van der Waals surface area contributed by atoms with Crippen LogP contribution in [0.25, 0.3) is 0 Å². The molecule has 39 heavy (non-hydrogen) atoms. The Balaban J connectivity index is 1.43. The van der Waals surface area contributed by atoms with Gasteiger partial charge in [-0.15, -0.1) is 0 Å². The van der Waals surface area contributed by atoms with Gasteiger partial charge in [0.05, 0.1) is 17.6 Å². The maximum atomic E-state index is 15.6. The fraction of sp³-hybridized carbons (Fsp3) is 0.645. The minimum Gasteiger partial charge on any atom is -0.488 e. The van der Waals surface area contributed by atoms with Crippen LogP contribution >= 0.6 is 0 Å². The summed E-state index contributed by atoms with van der Waals surface area (Å²) in [5.41, 5.74) is -0.648. The van der Waals surface area contributed by atoms with Crippen molar-refractivity contribution in [3.8, 4) is 5.75 Å². The first-order chi connectivity index (χ1) is 18.7. The van der Waals surface area contributed by atoms with Gasteiger partial charge in [-0.05, 0) is 49.3 Å². The van der Waals surface area contributed by atoms with Crippen LogP contribution in [0, 0.1) is 23.5 Å². The van der Waals surface area contributed by atoms with E-state index in [2.05, 4.69) is 18.8 Å². The Morgan fingerprint density at radius 1 is 1.03 bits per heavy atom. The molecule has 2 aliphatic rings. The number of pyridine rings is 1. The highest BCUT2D eigenvalue weighted by atomic mass is 19.3. The third kappa shape index (κ3) is 6.93. The van der Waals surface area contributed by atoms with Crippen LogP contribution in [0.5, 0.6) is 5.75 Å². The van der Waals surface area contributed by atoms with Crippen molar-refractivity contribution in [2.45, 2.75) is 115 Å². The van der Waals surface area contributed by atoms with E-state index in [0.29, 0.717) is 12.1 Å². The minimum atomic E-state index is -3.74. The van der Waals surface area contributed by atoms with E-state index >= 15 is 17.6 Å². The number of benzene rings is 1. The van der Waals surface area contributed by atoms with Crippen LogP contribution in [0.1, 0.15) is 107 Å². The van der Waals surface area contributed by atoms with Crippen LogP contribution in [0.3, 0.4) is 0 Å². The number of hydrogen-bond donors (Lipinski definition) is 0. The molecule has 0 saturated carbocycles. The summed E-state index contributed by atoms with van der Waals surface area (Å²) in [4.78, 5) is 3.85. The van der Waals surface area contributed by atoms with Crippen molar-refractivity contribution in [2.75, 3.05) is 6.61 Å². The number of unbranched alkanes of at least 4 members (excludes halogenated alkanes) is 4. The average molecular weight is 554 g/mol. The standard InChI is InChI=1S/C31H40F5NO2/c1-4-6-8-9-11-24-26(39-24)18-38-25-15-13-22(28(32)29(25)33)23-14-12-20-17-21(16-19(3)10-7-5-2)37-30(34)27(20)31(23,35)36/h13,15,17,19,23-24,26H,4-12,14,16,18H2,1-3H3. The molecule has 1 aliphatic heterocycles. The molecule has 216 valence electrons. The van der Waals surface area contributed by atoms with Gasteiger partial charge in [-0.25, -0.2) is 18.2 Å². The highest BCUT2D eigenvalue weighted by molar-refractivity contribution is 5.41. The lowest BCUT2D eigenvalue weighted by atomic mass is 9.77. The van der Waals surface area contributed by atoms with Crippen molar-refractivity contribution < 1.29 is 31.4 Å². The van der Waals surface area contributed by atoms with Crippen molar-refractivity contribution in [1.82, 2.24) is 4.98 Å². The number of alkyl halides is 2. The van der Waals surface area contributed by atoms with Gasteiger partial charge < -0.3 is 9.47 Å². The molecule has 0 bridgehead atoms. The molecule has 4 rings (SSSR count). The number of epoxide rings is 1. The molecule has 3 nitrogen and oxygen atoms in total. The van der Waals surface area contributed by atoms with Crippen molar-refractivity contribution in [2.24, 2.45) is 5.92 Å². The second-order valence-corrected chi connectivity index (χ2v) is 11.3. The van der Waals surface area contributed by atoms with Gasteiger partial charge in [-0.3, -0.25) is 0 Å². The van der Waals surface area contributed by atoms with Crippen LogP contribution in [-0.2, 0) is 23.5 Å². The molecular weight excluding hydrogens is 513 g/mol. The lowest BCUT2D eigenvalue weighted by Gasteiger charge is -2.34. The van der Waals surface area contributed by atoms with E-state index in [1.807, 2.05) is 6.92 Å². The summed E-state index contributed by atoms with van der Waals surface area (Å²) in [6.45, 7) is 6.33. The topological polar surface area (TPSA) is 34.6 Å². The number of aryl methyl sites for hydroxylation is 1. The fourth-order valence-electron chi connectivity index (χ4n) is 5.74. The molecule has 0 N–H and O–H groups in total. The molecule has 0 radical (unpaired) electrons. The van der Waals surface area contributed by atoms with Crippen molar-refractivity contribution in [3.05, 3.63) is 58.2 Å². The number of ether oxygens (including phenoxy) is 2. The lowest BCUT2D eigenvalue weighted by Crippen LogP contribution is -2.33. The summed E-state index contributed by atoms with van der Waals surface area (Å²) >= 11 is 0. The Morgan fingerprint density at radius 3 is 2.54 bits per heavy atom. The number of fused-ring (bicyclic) bond motifs is 1. The zero-order valence-corrected chi connectivity index (χ0v) is 23.2. The SMILES string of the molecule is CCCCCCC1OC1COc1ccc(C2CCc3cc(CC(C)CCCC)nc(F)c3C2(F)F)c(F)c1F. The van der Waals surface area contributed by atoms with Crippen molar-refractivity contribution >= 4 is 0 Å². The Labute approximate surface area is 228 Å². The maximum Gasteiger partial charge on any atom is 0.284 e. The van der Waals surface area contributed by atoms with E-state index in [4.69, 9.17) is 9.47 Å². The van der Waals surface area contributed by atoms with Gasteiger partial charge in [0.25, 0.3) is 5.92 Å². The third-order valence-electron chi connectivity index (χ3n) is 8.08. The zero-order valence-electron chi connectivity index (χ0n) is 23.2. The number of rotatable bonds is 14. The van der Waals surface area contributed by atoms with Gasteiger partial charge in [0, 0.05) is 11.3 Å². The van der Waals surface area contributed by atoms with E-state index in [1.165, 1.54) is 12.5 Å². The average Bonchev–Trinajstić information content (AvgIpc) is 3.64.